The van der Waals surface area contributed by atoms with Crippen molar-refractivity contribution in [1.29, 1.82) is 0 Å². The maximum Gasteiger partial charge on any atom is 0.407 e. The van der Waals surface area contributed by atoms with Crippen LogP contribution in [-0.2, 0) is 14.6 Å². The highest BCUT2D eigenvalue weighted by Crippen LogP contribution is 2.29. The van der Waals surface area contributed by atoms with E-state index in [4.69, 9.17) is 4.74 Å². The predicted molar refractivity (Wildman–Crippen MR) is 109 cm³/mol. The quantitative estimate of drug-likeness (QED) is 0.636. The second-order valence-corrected chi connectivity index (χ2v) is 10.7. The highest BCUT2D eigenvalue weighted by Gasteiger charge is 2.25. The van der Waals surface area contributed by atoms with Gasteiger partial charge in [-0.15, -0.1) is 0 Å². The molecule has 1 amide bonds. The van der Waals surface area contributed by atoms with E-state index >= 15 is 0 Å². The molecule has 2 N–H and O–H groups in total. The van der Waals surface area contributed by atoms with Gasteiger partial charge in [-0.2, -0.15) is 0 Å². The van der Waals surface area contributed by atoms with E-state index < -0.39 is 33.5 Å². The van der Waals surface area contributed by atoms with E-state index in [2.05, 4.69) is 5.32 Å². The summed E-state index contributed by atoms with van der Waals surface area (Å²) < 4.78 is 44.8. The molecule has 0 radical (unpaired) electrons. The van der Waals surface area contributed by atoms with Crippen molar-refractivity contribution in [1.82, 2.24) is 5.32 Å². The van der Waals surface area contributed by atoms with Crippen molar-refractivity contribution in [3.8, 4) is 0 Å². The van der Waals surface area contributed by atoms with Crippen molar-refractivity contribution in [2.24, 2.45) is 5.92 Å². The third-order valence-corrected chi connectivity index (χ3v) is 6.83. The van der Waals surface area contributed by atoms with Crippen LogP contribution in [0.15, 0.2) is 23.1 Å². The largest absolute Gasteiger partial charge is 0.444 e. The minimum Gasteiger partial charge on any atom is -0.444 e. The summed E-state index contributed by atoms with van der Waals surface area (Å²) in [5, 5.41) is 12.8. The number of aliphatic hydroxyl groups is 1. The zero-order valence-electron chi connectivity index (χ0n) is 17.4. The van der Waals surface area contributed by atoms with Crippen molar-refractivity contribution in [2.45, 2.75) is 75.9 Å². The number of carbonyl (C=O) groups is 1. The summed E-state index contributed by atoms with van der Waals surface area (Å²) in [6.45, 7) is 5.26. The number of alkyl carbamates (subject to hydrolysis) is 1. The van der Waals surface area contributed by atoms with Gasteiger partial charge in [-0.1, -0.05) is 19.3 Å². The number of benzene rings is 1. The van der Waals surface area contributed by atoms with Crippen molar-refractivity contribution >= 4 is 15.9 Å². The number of rotatable bonds is 7. The Bertz CT molecular complexity index is 798. The zero-order chi connectivity index (χ0) is 21.7. The number of amides is 1. The van der Waals surface area contributed by atoms with Gasteiger partial charge in [-0.05, 0) is 64.2 Å². The number of carbonyl (C=O) groups excluding carboxylic acids is 1. The lowest BCUT2D eigenvalue weighted by Crippen LogP contribution is -2.33. The van der Waals surface area contributed by atoms with Gasteiger partial charge in [0, 0.05) is 12.1 Å². The monoisotopic (exact) mass is 429 g/mol. The Morgan fingerprint density at radius 2 is 1.93 bits per heavy atom. The Kier molecular flexibility index (Phi) is 8.05. The molecule has 1 fully saturated rings. The van der Waals surface area contributed by atoms with E-state index in [1.807, 2.05) is 0 Å². The van der Waals surface area contributed by atoms with Crippen LogP contribution in [0.25, 0.3) is 0 Å². The number of sulfone groups is 1. The summed E-state index contributed by atoms with van der Waals surface area (Å²) in [5.41, 5.74) is -0.726. The molecule has 6 nitrogen and oxygen atoms in total. The van der Waals surface area contributed by atoms with Crippen molar-refractivity contribution in [2.75, 3.05) is 12.3 Å². The highest BCUT2D eigenvalue weighted by atomic mass is 32.2. The molecule has 1 unspecified atom stereocenters. The molecule has 0 spiro atoms. The Morgan fingerprint density at radius 1 is 1.28 bits per heavy atom. The number of hydrogen-bond donors (Lipinski definition) is 2. The smallest absolute Gasteiger partial charge is 0.407 e. The van der Waals surface area contributed by atoms with Crippen molar-refractivity contribution in [3.05, 3.63) is 29.6 Å². The highest BCUT2D eigenvalue weighted by molar-refractivity contribution is 7.91. The lowest BCUT2D eigenvalue weighted by atomic mass is 9.91. The summed E-state index contributed by atoms with van der Waals surface area (Å²) in [6.07, 6.45) is 3.17. The molecule has 8 heteroatoms. The van der Waals surface area contributed by atoms with Gasteiger partial charge in [0.15, 0.2) is 9.84 Å². The van der Waals surface area contributed by atoms with E-state index in [0.29, 0.717) is 0 Å². The fraction of sp³-hybridized carbons (Fsp3) is 0.667. The molecule has 0 heterocycles. The van der Waals surface area contributed by atoms with Gasteiger partial charge in [-0.3, -0.25) is 0 Å². The van der Waals surface area contributed by atoms with Crippen LogP contribution in [0.3, 0.4) is 0 Å². The van der Waals surface area contributed by atoms with Gasteiger partial charge in [0.05, 0.1) is 16.8 Å². The Morgan fingerprint density at radius 3 is 2.55 bits per heavy atom. The van der Waals surface area contributed by atoms with Crippen LogP contribution in [0.2, 0.25) is 0 Å². The molecular formula is C21H32FNO5S. The van der Waals surface area contributed by atoms with Crippen LogP contribution in [0.4, 0.5) is 9.18 Å². The first-order valence-corrected chi connectivity index (χ1v) is 11.8. The lowest BCUT2D eigenvalue weighted by molar-refractivity contribution is 0.0518. The average Bonchev–Trinajstić information content (AvgIpc) is 2.60. The molecule has 0 aromatic heterocycles. The number of ether oxygens (including phenoxy) is 1. The number of aliphatic hydroxyl groups excluding tert-OH is 1. The number of nitrogens with one attached hydrogen (secondary N) is 1. The van der Waals surface area contributed by atoms with E-state index in [1.165, 1.54) is 12.1 Å². The van der Waals surface area contributed by atoms with Crippen LogP contribution >= 0.6 is 0 Å². The minimum atomic E-state index is -3.55. The Balaban J connectivity index is 2.00. The van der Waals surface area contributed by atoms with E-state index in [9.17, 15) is 22.7 Å². The molecule has 1 aromatic carbocycles. The molecule has 0 saturated heterocycles. The van der Waals surface area contributed by atoms with Gasteiger partial charge in [0.1, 0.15) is 11.4 Å². The predicted octanol–water partition coefficient (Wildman–Crippen LogP) is 4.13. The van der Waals surface area contributed by atoms with Gasteiger partial charge >= 0.3 is 6.09 Å². The SMILES string of the molecule is CC(C)(C)OC(=O)NCCC(O)c1cc(S(=O)(=O)CC2CCCCC2)ccc1F. The Labute approximate surface area is 172 Å². The van der Waals surface area contributed by atoms with Gasteiger partial charge < -0.3 is 15.2 Å². The summed E-state index contributed by atoms with van der Waals surface area (Å²) in [4.78, 5) is 11.7. The molecule has 29 heavy (non-hydrogen) atoms. The first-order chi connectivity index (χ1) is 13.5. The Hall–Kier alpha value is -1.67. The van der Waals surface area contributed by atoms with Crippen molar-refractivity contribution < 1.29 is 27.4 Å². The first-order valence-electron chi connectivity index (χ1n) is 10.1. The molecule has 0 aliphatic heterocycles. The van der Waals surface area contributed by atoms with Crippen LogP contribution in [-0.4, -0.2) is 37.5 Å². The maximum absolute atomic E-state index is 14.2. The third-order valence-electron chi connectivity index (χ3n) is 4.95. The topological polar surface area (TPSA) is 92.7 Å². The zero-order valence-corrected chi connectivity index (χ0v) is 18.2. The lowest BCUT2D eigenvalue weighted by Gasteiger charge is -2.22. The third kappa shape index (κ3) is 7.59. The van der Waals surface area contributed by atoms with Crippen LogP contribution in [0.5, 0.6) is 0 Å². The molecule has 164 valence electrons. The van der Waals surface area contributed by atoms with Gasteiger partial charge in [-0.25, -0.2) is 17.6 Å². The van der Waals surface area contributed by atoms with Crippen LogP contribution < -0.4 is 5.32 Å². The van der Waals surface area contributed by atoms with Crippen LogP contribution in [0, 0.1) is 11.7 Å². The molecular weight excluding hydrogens is 397 g/mol. The van der Waals surface area contributed by atoms with E-state index in [0.717, 1.165) is 38.2 Å². The molecule has 1 atom stereocenters. The minimum absolute atomic E-state index is 0.0265. The van der Waals surface area contributed by atoms with E-state index in [1.54, 1.807) is 20.8 Å². The standard InChI is InChI=1S/C21H32FNO5S/c1-21(2,3)28-20(25)23-12-11-19(24)17-13-16(9-10-18(17)22)29(26,27)14-15-7-5-4-6-8-15/h9-10,13,15,19,24H,4-8,11-12,14H2,1-3H3,(H,23,25). The molecule has 1 aromatic rings. The maximum atomic E-state index is 14.2. The van der Waals surface area contributed by atoms with Crippen molar-refractivity contribution in [3.63, 3.8) is 0 Å². The summed E-state index contributed by atoms with van der Waals surface area (Å²) in [6, 6.07) is 3.54. The number of halogens is 1. The summed E-state index contributed by atoms with van der Waals surface area (Å²) in [7, 11) is -3.55. The van der Waals surface area contributed by atoms with Gasteiger partial charge in [0.2, 0.25) is 0 Å². The second-order valence-electron chi connectivity index (χ2n) is 8.70. The number of hydrogen-bond acceptors (Lipinski definition) is 5. The molecule has 1 aliphatic rings. The molecule has 1 saturated carbocycles. The molecule has 2 rings (SSSR count). The van der Waals surface area contributed by atoms with Crippen LogP contribution in [0.1, 0.15) is 71.0 Å². The fourth-order valence-electron chi connectivity index (χ4n) is 3.51. The summed E-state index contributed by atoms with van der Waals surface area (Å²) in [5.74, 6) is -0.495. The molecule has 1 aliphatic carbocycles. The first kappa shape index (κ1) is 23.6. The molecule has 0 bridgehead atoms. The second kappa shape index (κ2) is 9.89. The average molecular weight is 430 g/mol. The van der Waals surface area contributed by atoms with Gasteiger partial charge in [0.25, 0.3) is 0 Å². The summed E-state index contributed by atoms with van der Waals surface area (Å²) >= 11 is 0. The fourth-order valence-corrected chi connectivity index (χ4v) is 5.24. The van der Waals surface area contributed by atoms with E-state index in [-0.39, 0.29) is 35.1 Å². The normalized spacial score (nSPS) is 17.0.